The van der Waals surface area contributed by atoms with Crippen molar-refractivity contribution < 1.29 is 14.3 Å². The Morgan fingerprint density at radius 2 is 1.86 bits per heavy atom. The SMILES string of the molecule is CC(C)(C)OC(=O)N(Cc1ccccn1)CC(C)(C)c1cccc(-c2c3c(nn2C2CCCCO2)C2(C)CCC3C2(C)C)n1. The normalized spacial score (nSPS) is 24.3. The number of nitrogens with zero attached hydrogens (tertiary/aromatic N) is 5. The van der Waals surface area contributed by atoms with Crippen LogP contribution in [-0.4, -0.2) is 49.5 Å². The number of aromatic nitrogens is 4. The minimum Gasteiger partial charge on any atom is -0.444 e. The number of carbonyl (C=O) groups excluding carboxylic acids is 1. The third-order valence-electron chi connectivity index (χ3n) is 10.5. The van der Waals surface area contributed by atoms with Gasteiger partial charge in [-0.05, 0) is 88.5 Å². The Morgan fingerprint density at radius 3 is 2.55 bits per heavy atom. The van der Waals surface area contributed by atoms with Gasteiger partial charge in [-0.1, -0.05) is 46.8 Å². The third kappa shape index (κ3) is 5.33. The number of rotatable bonds is 7. The van der Waals surface area contributed by atoms with Gasteiger partial charge in [0.15, 0.2) is 6.23 Å². The number of hydrogen-bond donors (Lipinski definition) is 0. The highest BCUT2D eigenvalue weighted by molar-refractivity contribution is 5.69. The van der Waals surface area contributed by atoms with Gasteiger partial charge in [0, 0.05) is 41.4 Å². The van der Waals surface area contributed by atoms with E-state index in [1.165, 1.54) is 17.7 Å². The molecule has 6 rings (SSSR count). The van der Waals surface area contributed by atoms with Crippen LogP contribution in [0.4, 0.5) is 4.79 Å². The van der Waals surface area contributed by atoms with Crippen molar-refractivity contribution in [3.05, 3.63) is 65.2 Å². The average Bonchev–Trinajstić information content (AvgIpc) is 3.53. The van der Waals surface area contributed by atoms with E-state index < -0.39 is 11.0 Å². The Bertz CT molecular complexity index is 1520. The van der Waals surface area contributed by atoms with Gasteiger partial charge in [-0.25, -0.2) is 9.48 Å². The highest BCUT2D eigenvalue weighted by Gasteiger charge is 2.62. The molecule has 3 aliphatic rings. The summed E-state index contributed by atoms with van der Waals surface area (Å²) in [5.41, 5.74) is 5.49. The Hall–Kier alpha value is -3.26. The van der Waals surface area contributed by atoms with E-state index >= 15 is 0 Å². The van der Waals surface area contributed by atoms with E-state index in [0.717, 1.165) is 55.1 Å². The highest BCUT2D eigenvalue weighted by Crippen LogP contribution is 2.69. The van der Waals surface area contributed by atoms with E-state index in [0.29, 0.717) is 19.0 Å². The minimum atomic E-state index is -0.606. The van der Waals surface area contributed by atoms with Crippen LogP contribution in [-0.2, 0) is 26.8 Å². The number of amides is 1. The van der Waals surface area contributed by atoms with E-state index in [1.807, 2.05) is 39.0 Å². The van der Waals surface area contributed by atoms with E-state index in [4.69, 9.17) is 19.6 Å². The molecule has 1 saturated carbocycles. The molecule has 3 aromatic rings. The van der Waals surface area contributed by atoms with Crippen LogP contribution in [0.3, 0.4) is 0 Å². The summed E-state index contributed by atoms with van der Waals surface area (Å²) in [6.45, 7) is 18.7. The molecule has 1 saturated heterocycles. The van der Waals surface area contributed by atoms with E-state index in [-0.39, 0.29) is 23.2 Å². The maximum atomic E-state index is 13.5. The van der Waals surface area contributed by atoms with Crippen LogP contribution < -0.4 is 0 Å². The maximum absolute atomic E-state index is 13.5. The monoisotopic (exact) mass is 599 g/mol. The van der Waals surface area contributed by atoms with Crippen LogP contribution in [0.1, 0.15) is 122 Å². The summed E-state index contributed by atoms with van der Waals surface area (Å²) in [5, 5.41) is 5.36. The fourth-order valence-electron chi connectivity index (χ4n) is 7.69. The molecule has 3 atom stereocenters. The van der Waals surface area contributed by atoms with E-state index in [2.05, 4.69) is 62.5 Å². The average molecular weight is 600 g/mol. The summed E-state index contributed by atoms with van der Waals surface area (Å²) in [7, 11) is 0. The van der Waals surface area contributed by atoms with Crippen LogP contribution in [0.5, 0.6) is 0 Å². The molecule has 3 aromatic heterocycles. The van der Waals surface area contributed by atoms with Crippen LogP contribution >= 0.6 is 0 Å². The number of fused-ring (bicyclic) bond motifs is 5. The molecular weight excluding hydrogens is 550 g/mol. The topological polar surface area (TPSA) is 82.4 Å². The lowest BCUT2D eigenvalue weighted by molar-refractivity contribution is -0.0391. The van der Waals surface area contributed by atoms with E-state index in [1.54, 1.807) is 11.1 Å². The molecule has 2 bridgehead atoms. The van der Waals surface area contributed by atoms with Crippen molar-refractivity contribution in [3.8, 4) is 11.4 Å². The molecule has 44 heavy (non-hydrogen) atoms. The summed E-state index contributed by atoms with van der Waals surface area (Å²) in [4.78, 5) is 25.1. The summed E-state index contributed by atoms with van der Waals surface area (Å²) in [6.07, 6.45) is 6.85. The number of pyridine rings is 2. The second-order valence-electron chi connectivity index (χ2n) is 15.5. The smallest absolute Gasteiger partial charge is 0.410 e. The Kier molecular flexibility index (Phi) is 7.67. The molecule has 8 nitrogen and oxygen atoms in total. The van der Waals surface area contributed by atoms with Gasteiger partial charge >= 0.3 is 6.09 Å². The number of hydrogen-bond acceptors (Lipinski definition) is 6. The van der Waals surface area contributed by atoms with Crippen LogP contribution in [0.2, 0.25) is 0 Å². The zero-order valence-corrected chi connectivity index (χ0v) is 27.8. The number of carbonyl (C=O) groups is 1. The molecule has 0 radical (unpaired) electrons. The molecule has 1 amide bonds. The Labute approximate surface area is 262 Å². The van der Waals surface area contributed by atoms with Gasteiger partial charge in [0.1, 0.15) is 5.60 Å². The lowest BCUT2D eigenvalue weighted by atomic mass is 9.70. The Morgan fingerprint density at radius 1 is 1.07 bits per heavy atom. The molecule has 236 valence electrons. The first-order valence-electron chi connectivity index (χ1n) is 16.3. The predicted octanol–water partition coefficient (Wildman–Crippen LogP) is 7.93. The summed E-state index contributed by atoms with van der Waals surface area (Å²) < 4.78 is 14.3. The standard InChI is InChI=1S/C36H49N5O3/c1-33(2,3)44-32(42)40(22-24-14-9-11-20-37-24)23-34(4,5)27-16-13-15-26(38-27)30-29-25-18-19-36(8,35(25,6)7)31(29)39-41(30)28-17-10-12-21-43-28/h9,11,13-16,20,25,28H,10,12,17-19,21-23H2,1-8H3. The molecular formula is C36H49N5O3. The van der Waals surface area contributed by atoms with Gasteiger partial charge < -0.3 is 14.4 Å². The van der Waals surface area contributed by atoms with Crippen molar-refractivity contribution in [1.82, 2.24) is 24.6 Å². The van der Waals surface area contributed by atoms with Gasteiger partial charge in [0.05, 0.1) is 29.3 Å². The summed E-state index contributed by atoms with van der Waals surface area (Å²) >= 11 is 0. The molecule has 8 heteroatoms. The fourth-order valence-corrected chi connectivity index (χ4v) is 7.69. The number of ether oxygens (including phenoxy) is 2. The van der Waals surface area contributed by atoms with Gasteiger partial charge in [-0.15, -0.1) is 0 Å². The third-order valence-corrected chi connectivity index (χ3v) is 10.5. The first-order chi connectivity index (χ1) is 20.7. The molecule has 4 heterocycles. The van der Waals surface area contributed by atoms with Crippen LogP contribution in [0.15, 0.2) is 42.6 Å². The van der Waals surface area contributed by atoms with Gasteiger partial charge in [0.25, 0.3) is 0 Å². The first-order valence-corrected chi connectivity index (χ1v) is 16.3. The van der Waals surface area contributed by atoms with Crippen molar-refractivity contribution in [2.75, 3.05) is 13.2 Å². The van der Waals surface area contributed by atoms with E-state index in [9.17, 15) is 4.79 Å². The summed E-state index contributed by atoms with van der Waals surface area (Å²) in [5.74, 6) is 0.439. The molecule has 1 aliphatic heterocycles. The zero-order valence-electron chi connectivity index (χ0n) is 27.8. The lowest BCUT2D eigenvalue weighted by Crippen LogP contribution is -2.43. The Balaban J connectivity index is 1.38. The highest BCUT2D eigenvalue weighted by atomic mass is 16.6. The molecule has 3 unspecified atom stereocenters. The van der Waals surface area contributed by atoms with Crippen LogP contribution in [0.25, 0.3) is 11.4 Å². The largest absolute Gasteiger partial charge is 0.444 e. The van der Waals surface area contributed by atoms with Gasteiger partial charge in [-0.3, -0.25) is 9.97 Å². The maximum Gasteiger partial charge on any atom is 0.410 e. The second kappa shape index (κ2) is 11.0. The van der Waals surface area contributed by atoms with Gasteiger partial charge in [-0.2, -0.15) is 5.10 Å². The lowest BCUT2D eigenvalue weighted by Gasteiger charge is -2.35. The predicted molar refractivity (Wildman–Crippen MR) is 171 cm³/mol. The molecule has 0 N–H and O–H groups in total. The summed E-state index contributed by atoms with van der Waals surface area (Å²) in [6, 6.07) is 12.1. The molecule has 2 fully saturated rings. The van der Waals surface area contributed by atoms with Gasteiger partial charge in [0.2, 0.25) is 0 Å². The quantitative estimate of drug-likeness (QED) is 0.274. The van der Waals surface area contributed by atoms with Crippen molar-refractivity contribution in [2.24, 2.45) is 5.41 Å². The second-order valence-corrected chi connectivity index (χ2v) is 15.5. The molecule has 0 aromatic carbocycles. The van der Waals surface area contributed by atoms with Crippen molar-refractivity contribution in [3.63, 3.8) is 0 Å². The van der Waals surface area contributed by atoms with Crippen molar-refractivity contribution in [1.29, 1.82) is 0 Å². The first kappa shape index (κ1) is 30.8. The zero-order chi connectivity index (χ0) is 31.5. The minimum absolute atomic E-state index is 0.0396. The van der Waals surface area contributed by atoms with Crippen molar-refractivity contribution >= 4 is 6.09 Å². The molecule has 0 spiro atoms. The fraction of sp³-hybridized carbons (Fsp3) is 0.611. The molecule has 2 aliphatic carbocycles. The van der Waals surface area contributed by atoms with Crippen molar-refractivity contribution in [2.45, 2.75) is 123 Å². The van der Waals surface area contributed by atoms with Crippen LogP contribution in [0, 0.1) is 5.41 Å².